The van der Waals surface area contributed by atoms with Crippen LogP contribution in [0.25, 0.3) is 6.08 Å². The maximum atomic E-state index is 11.1. The fourth-order valence-corrected chi connectivity index (χ4v) is 1.92. The average molecular weight is 245 g/mol. The standard InChI is InChI=1S/C12H11N3OS/c13-10-8-11(16)15-12(14-10)17-7-6-9-4-2-1-3-5-9/h1-8H,(H3,13,14,15,16). The second-order valence-corrected chi connectivity index (χ2v) is 4.20. The highest BCUT2D eigenvalue weighted by Crippen LogP contribution is 2.15. The first-order chi connectivity index (χ1) is 8.24. The molecule has 1 heterocycles. The van der Waals surface area contributed by atoms with E-state index in [1.807, 2.05) is 41.8 Å². The van der Waals surface area contributed by atoms with Crippen molar-refractivity contribution >= 4 is 23.7 Å². The van der Waals surface area contributed by atoms with Gasteiger partial charge in [-0.15, -0.1) is 0 Å². The first-order valence-electron chi connectivity index (χ1n) is 4.99. The molecule has 0 atom stereocenters. The van der Waals surface area contributed by atoms with Crippen molar-refractivity contribution in [1.29, 1.82) is 0 Å². The molecule has 0 aliphatic carbocycles. The Morgan fingerprint density at radius 3 is 2.76 bits per heavy atom. The van der Waals surface area contributed by atoms with Crippen LogP contribution in [0.2, 0.25) is 0 Å². The van der Waals surface area contributed by atoms with Crippen LogP contribution < -0.4 is 11.3 Å². The topological polar surface area (TPSA) is 71.8 Å². The van der Waals surface area contributed by atoms with Gasteiger partial charge in [-0.1, -0.05) is 42.1 Å². The van der Waals surface area contributed by atoms with Gasteiger partial charge in [0, 0.05) is 6.07 Å². The number of nitrogens with two attached hydrogens (primary N) is 1. The molecule has 0 bridgehead atoms. The van der Waals surface area contributed by atoms with Gasteiger partial charge < -0.3 is 10.7 Å². The molecule has 0 radical (unpaired) electrons. The number of benzene rings is 1. The SMILES string of the molecule is Nc1cc(=O)[nH]c(SC=Cc2ccccc2)n1. The van der Waals surface area contributed by atoms with Crippen LogP contribution >= 0.6 is 11.8 Å². The quantitative estimate of drug-likeness (QED) is 0.641. The van der Waals surface area contributed by atoms with Crippen molar-refractivity contribution in [2.75, 3.05) is 5.73 Å². The molecule has 0 saturated heterocycles. The van der Waals surface area contributed by atoms with Crippen LogP contribution in [-0.4, -0.2) is 9.97 Å². The zero-order valence-corrected chi connectivity index (χ0v) is 9.78. The molecular formula is C12H11N3OS. The first kappa shape index (κ1) is 11.5. The smallest absolute Gasteiger partial charge is 0.253 e. The number of hydrogen-bond acceptors (Lipinski definition) is 4. The van der Waals surface area contributed by atoms with Gasteiger partial charge in [0.2, 0.25) is 0 Å². The van der Waals surface area contributed by atoms with Crippen LogP contribution in [0.15, 0.2) is 51.8 Å². The van der Waals surface area contributed by atoms with Crippen LogP contribution in [0.3, 0.4) is 0 Å². The van der Waals surface area contributed by atoms with Gasteiger partial charge in [-0.2, -0.15) is 0 Å². The number of nitrogens with zero attached hydrogens (tertiary/aromatic N) is 1. The Labute approximate surface area is 103 Å². The fraction of sp³-hybridized carbons (Fsp3) is 0. The van der Waals surface area contributed by atoms with E-state index in [2.05, 4.69) is 9.97 Å². The van der Waals surface area contributed by atoms with E-state index in [0.717, 1.165) is 5.56 Å². The number of rotatable bonds is 3. The number of aromatic amines is 1. The number of aromatic nitrogens is 2. The molecule has 86 valence electrons. The zero-order chi connectivity index (χ0) is 12.1. The molecule has 0 aliphatic heterocycles. The summed E-state index contributed by atoms with van der Waals surface area (Å²) >= 11 is 1.32. The molecule has 2 rings (SSSR count). The molecule has 2 aromatic rings. The van der Waals surface area contributed by atoms with E-state index in [4.69, 9.17) is 5.73 Å². The monoisotopic (exact) mass is 245 g/mol. The lowest BCUT2D eigenvalue weighted by molar-refractivity contribution is 0.949. The molecule has 0 spiro atoms. The maximum absolute atomic E-state index is 11.1. The van der Waals surface area contributed by atoms with Crippen LogP contribution in [0.4, 0.5) is 5.82 Å². The van der Waals surface area contributed by atoms with Gasteiger partial charge in [-0.25, -0.2) is 4.98 Å². The summed E-state index contributed by atoms with van der Waals surface area (Å²) in [5.41, 5.74) is 6.32. The second-order valence-electron chi connectivity index (χ2n) is 3.31. The molecule has 1 aromatic heterocycles. The van der Waals surface area contributed by atoms with Gasteiger partial charge in [-0.3, -0.25) is 4.79 Å². The van der Waals surface area contributed by atoms with E-state index in [9.17, 15) is 4.79 Å². The van der Waals surface area contributed by atoms with Crippen molar-refractivity contribution in [3.05, 3.63) is 57.7 Å². The van der Waals surface area contributed by atoms with Crippen molar-refractivity contribution in [3.8, 4) is 0 Å². The van der Waals surface area contributed by atoms with Crippen LogP contribution in [0.5, 0.6) is 0 Å². The average Bonchev–Trinajstić information content (AvgIpc) is 2.29. The lowest BCUT2D eigenvalue weighted by Gasteiger charge is -1.96. The third-order valence-electron chi connectivity index (χ3n) is 1.98. The second kappa shape index (κ2) is 5.36. The highest BCUT2D eigenvalue weighted by molar-refractivity contribution is 8.02. The molecule has 3 N–H and O–H groups in total. The first-order valence-corrected chi connectivity index (χ1v) is 5.87. The molecule has 4 nitrogen and oxygen atoms in total. The lowest BCUT2D eigenvalue weighted by atomic mass is 10.2. The summed E-state index contributed by atoms with van der Waals surface area (Å²) in [5.74, 6) is 0.226. The summed E-state index contributed by atoms with van der Waals surface area (Å²) in [7, 11) is 0. The normalized spacial score (nSPS) is 10.8. The third-order valence-corrected chi connectivity index (χ3v) is 2.67. The van der Waals surface area contributed by atoms with Gasteiger partial charge in [0.1, 0.15) is 5.82 Å². The summed E-state index contributed by atoms with van der Waals surface area (Å²) in [5, 5.41) is 2.34. The Bertz CT molecular complexity index is 578. The minimum absolute atomic E-state index is 0.226. The van der Waals surface area contributed by atoms with Crippen LogP contribution in [-0.2, 0) is 0 Å². The van der Waals surface area contributed by atoms with Crippen LogP contribution in [0.1, 0.15) is 5.56 Å². The van der Waals surface area contributed by atoms with E-state index in [1.165, 1.54) is 17.8 Å². The predicted molar refractivity (Wildman–Crippen MR) is 70.6 cm³/mol. The number of hydrogen-bond donors (Lipinski definition) is 2. The summed E-state index contributed by atoms with van der Waals surface area (Å²) in [4.78, 5) is 17.7. The minimum atomic E-state index is -0.242. The highest BCUT2D eigenvalue weighted by atomic mass is 32.2. The molecule has 0 aliphatic rings. The van der Waals surface area contributed by atoms with Gasteiger partial charge in [-0.05, 0) is 17.0 Å². The lowest BCUT2D eigenvalue weighted by Crippen LogP contribution is -2.08. The van der Waals surface area contributed by atoms with Crippen LogP contribution in [0, 0.1) is 0 Å². The summed E-state index contributed by atoms with van der Waals surface area (Å²) in [6.45, 7) is 0. The Morgan fingerprint density at radius 2 is 2.06 bits per heavy atom. The van der Waals surface area contributed by atoms with Gasteiger partial charge >= 0.3 is 0 Å². The van der Waals surface area contributed by atoms with E-state index in [0.29, 0.717) is 5.16 Å². The molecule has 5 heteroatoms. The third kappa shape index (κ3) is 3.49. The van der Waals surface area contributed by atoms with E-state index in [-0.39, 0.29) is 11.4 Å². The summed E-state index contributed by atoms with van der Waals surface area (Å²) in [6.07, 6.45) is 1.94. The highest BCUT2D eigenvalue weighted by Gasteiger charge is 1.96. The van der Waals surface area contributed by atoms with E-state index >= 15 is 0 Å². The van der Waals surface area contributed by atoms with E-state index < -0.39 is 0 Å². The molecule has 1 aromatic carbocycles. The number of H-pyrrole nitrogens is 1. The fourth-order valence-electron chi connectivity index (χ4n) is 1.25. The predicted octanol–water partition coefficient (Wildman–Crippen LogP) is 2.12. The maximum Gasteiger partial charge on any atom is 0.253 e. The molecule has 0 unspecified atom stereocenters. The molecule has 0 amide bonds. The Morgan fingerprint density at radius 1 is 1.29 bits per heavy atom. The Hall–Kier alpha value is -2.01. The number of nitrogen functional groups attached to an aromatic ring is 1. The molecule has 17 heavy (non-hydrogen) atoms. The number of nitrogens with one attached hydrogen (secondary N) is 1. The Kier molecular flexibility index (Phi) is 3.62. The van der Waals surface area contributed by atoms with E-state index in [1.54, 1.807) is 0 Å². The van der Waals surface area contributed by atoms with Crippen molar-refractivity contribution in [1.82, 2.24) is 9.97 Å². The molecule has 0 fully saturated rings. The molecule has 0 saturated carbocycles. The minimum Gasteiger partial charge on any atom is -0.383 e. The Balaban J connectivity index is 2.07. The largest absolute Gasteiger partial charge is 0.383 e. The summed E-state index contributed by atoms with van der Waals surface area (Å²) < 4.78 is 0. The number of thioether (sulfide) groups is 1. The molecular weight excluding hydrogens is 234 g/mol. The zero-order valence-electron chi connectivity index (χ0n) is 8.96. The summed E-state index contributed by atoms with van der Waals surface area (Å²) in [6, 6.07) is 11.1. The number of anilines is 1. The van der Waals surface area contributed by atoms with Crippen molar-refractivity contribution in [2.24, 2.45) is 0 Å². The van der Waals surface area contributed by atoms with Gasteiger partial charge in [0.25, 0.3) is 5.56 Å². The van der Waals surface area contributed by atoms with Gasteiger partial charge in [0.15, 0.2) is 5.16 Å². The van der Waals surface area contributed by atoms with Crippen molar-refractivity contribution in [2.45, 2.75) is 5.16 Å². The van der Waals surface area contributed by atoms with Crippen molar-refractivity contribution < 1.29 is 0 Å². The van der Waals surface area contributed by atoms with Gasteiger partial charge in [0.05, 0.1) is 0 Å². The van der Waals surface area contributed by atoms with Crippen molar-refractivity contribution in [3.63, 3.8) is 0 Å².